The lowest BCUT2D eigenvalue weighted by Crippen LogP contribution is -2.40. The Morgan fingerprint density at radius 1 is 1.40 bits per heavy atom. The Hall–Kier alpha value is -1.32. The average molecular weight is 210 g/mol. The van der Waals surface area contributed by atoms with Gasteiger partial charge in [0, 0.05) is 13.1 Å². The van der Waals surface area contributed by atoms with Crippen molar-refractivity contribution < 1.29 is 9.59 Å². The predicted octanol–water partition coefficient (Wildman–Crippen LogP) is 1.33. The van der Waals surface area contributed by atoms with Gasteiger partial charge in [-0.1, -0.05) is 18.9 Å². The van der Waals surface area contributed by atoms with Crippen LogP contribution in [0.5, 0.6) is 0 Å². The number of amides is 2. The fourth-order valence-corrected chi connectivity index (χ4v) is 2.42. The van der Waals surface area contributed by atoms with Crippen LogP contribution in [-0.2, 0) is 4.79 Å². The van der Waals surface area contributed by atoms with Crippen molar-refractivity contribution in [1.29, 1.82) is 0 Å². The summed E-state index contributed by atoms with van der Waals surface area (Å²) in [5.41, 5.74) is 0.111. The summed E-state index contributed by atoms with van der Waals surface area (Å²) in [5, 5.41) is 3.10. The minimum absolute atomic E-state index is 0.0850. The van der Waals surface area contributed by atoms with Crippen LogP contribution in [0.4, 0.5) is 4.79 Å². The molecule has 1 saturated carbocycles. The molecule has 0 atom stereocenters. The summed E-state index contributed by atoms with van der Waals surface area (Å²) in [6.45, 7) is 7.20. The number of carbonyl (C=O) groups is 2. The van der Waals surface area contributed by atoms with Crippen molar-refractivity contribution in [2.75, 3.05) is 13.1 Å². The molecule has 0 bridgehead atoms. The Morgan fingerprint density at radius 2 is 2.00 bits per heavy atom. The standard InChI is InChI=1S/C10H16N2O.CH2O/c1-2-7-12-8-10(11-9(12)13)5-3-4-6-10;1-2/h2H,1,3-8H2,(H,11,13);1H2. The van der Waals surface area contributed by atoms with Crippen molar-refractivity contribution in [3.63, 3.8) is 0 Å². The molecule has 84 valence electrons. The second kappa shape index (κ2) is 4.96. The van der Waals surface area contributed by atoms with Gasteiger partial charge in [0.05, 0.1) is 5.54 Å². The van der Waals surface area contributed by atoms with Gasteiger partial charge < -0.3 is 15.0 Å². The zero-order valence-corrected chi connectivity index (χ0v) is 9.00. The molecule has 0 aromatic rings. The van der Waals surface area contributed by atoms with Gasteiger partial charge in [0.25, 0.3) is 0 Å². The van der Waals surface area contributed by atoms with Crippen molar-refractivity contribution in [3.05, 3.63) is 12.7 Å². The number of rotatable bonds is 2. The van der Waals surface area contributed by atoms with E-state index in [2.05, 4.69) is 11.9 Å². The van der Waals surface area contributed by atoms with E-state index in [-0.39, 0.29) is 11.6 Å². The molecule has 0 aromatic carbocycles. The number of carbonyl (C=O) groups excluding carboxylic acids is 2. The largest absolute Gasteiger partial charge is 0.331 e. The molecule has 1 spiro atoms. The summed E-state index contributed by atoms with van der Waals surface area (Å²) in [7, 11) is 0. The SMILES string of the molecule is C=CCN1CC2(CCCC2)NC1=O.C=O. The molecule has 2 amide bonds. The fraction of sp³-hybridized carbons (Fsp3) is 0.636. The van der Waals surface area contributed by atoms with E-state index in [1.165, 1.54) is 12.8 Å². The van der Waals surface area contributed by atoms with E-state index in [1.54, 1.807) is 6.08 Å². The normalized spacial score (nSPS) is 22.1. The lowest BCUT2D eigenvalue weighted by atomic mass is 9.99. The average Bonchev–Trinajstić information content (AvgIpc) is 2.80. The van der Waals surface area contributed by atoms with Crippen LogP contribution < -0.4 is 5.32 Å². The highest BCUT2D eigenvalue weighted by atomic mass is 16.2. The van der Waals surface area contributed by atoms with Crippen LogP contribution in [0, 0.1) is 0 Å². The molecule has 2 fully saturated rings. The third-order valence-electron chi connectivity index (χ3n) is 3.06. The van der Waals surface area contributed by atoms with E-state index in [0.717, 1.165) is 19.4 Å². The Balaban J connectivity index is 0.000000531. The van der Waals surface area contributed by atoms with Gasteiger partial charge in [-0.2, -0.15) is 0 Å². The third kappa shape index (κ3) is 2.37. The highest BCUT2D eigenvalue weighted by molar-refractivity contribution is 5.78. The molecule has 0 radical (unpaired) electrons. The Labute approximate surface area is 90.3 Å². The van der Waals surface area contributed by atoms with E-state index in [1.807, 2.05) is 11.7 Å². The molecule has 4 heteroatoms. The maximum absolute atomic E-state index is 11.5. The maximum atomic E-state index is 11.5. The zero-order valence-electron chi connectivity index (χ0n) is 9.00. The van der Waals surface area contributed by atoms with Crippen LogP contribution in [0.3, 0.4) is 0 Å². The predicted molar refractivity (Wildman–Crippen MR) is 58.6 cm³/mol. The first-order valence-corrected chi connectivity index (χ1v) is 5.23. The van der Waals surface area contributed by atoms with Crippen LogP contribution in [-0.4, -0.2) is 36.3 Å². The summed E-state index contributed by atoms with van der Waals surface area (Å²) < 4.78 is 0. The summed E-state index contributed by atoms with van der Waals surface area (Å²) >= 11 is 0. The molecule has 0 unspecified atom stereocenters. The van der Waals surface area contributed by atoms with Crippen molar-refractivity contribution in [2.24, 2.45) is 0 Å². The molecule has 1 heterocycles. The molecule has 1 saturated heterocycles. The van der Waals surface area contributed by atoms with Gasteiger partial charge in [0.2, 0.25) is 0 Å². The van der Waals surface area contributed by atoms with Crippen molar-refractivity contribution >= 4 is 12.8 Å². The van der Waals surface area contributed by atoms with Gasteiger partial charge >= 0.3 is 6.03 Å². The first-order chi connectivity index (χ1) is 7.26. The summed E-state index contributed by atoms with van der Waals surface area (Å²) in [6, 6.07) is 0.0850. The lowest BCUT2D eigenvalue weighted by Gasteiger charge is -2.21. The van der Waals surface area contributed by atoms with E-state index >= 15 is 0 Å². The Morgan fingerprint density at radius 3 is 2.53 bits per heavy atom. The molecular weight excluding hydrogens is 192 g/mol. The zero-order chi connectivity index (χ0) is 11.3. The molecular formula is C11H18N2O2. The third-order valence-corrected chi connectivity index (χ3v) is 3.06. The minimum Gasteiger partial charge on any atom is -0.331 e. The first-order valence-electron chi connectivity index (χ1n) is 5.23. The van der Waals surface area contributed by atoms with Crippen molar-refractivity contribution in [1.82, 2.24) is 10.2 Å². The van der Waals surface area contributed by atoms with Gasteiger partial charge in [-0.15, -0.1) is 6.58 Å². The summed E-state index contributed by atoms with van der Waals surface area (Å²) in [4.78, 5) is 21.3. The number of urea groups is 1. The van der Waals surface area contributed by atoms with Gasteiger partial charge in [-0.05, 0) is 12.8 Å². The smallest absolute Gasteiger partial charge is 0.318 e. The Bertz CT molecular complexity index is 247. The van der Waals surface area contributed by atoms with Crippen molar-refractivity contribution in [2.45, 2.75) is 31.2 Å². The van der Waals surface area contributed by atoms with Crippen molar-refractivity contribution in [3.8, 4) is 0 Å². The lowest BCUT2D eigenvalue weighted by molar-refractivity contribution is -0.0979. The minimum atomic E-state index is 0.0850. The molecule has 1 N–H and O–H groups in total. The van der Waals surface area contributed by atoms with Gasteiger partial charge in [-0.3, -0.25) is 0 Å². The maximum Gasteiger partial charge on any atom is 0.318 e. The fourth-order valence-electron chi connectivity index (χ4n) is 2.42. The highest BCUT2D eigenvalue weighted by Gasteiger charge is 2.43. The van der Waals surface area contributed by atoms with Gasteiger partial charge in [0.1, 0.15) is 6.79 Å². The van der Waals surface area contributed by atoms with E-state index < -0.39 is 0 Å². The summed E-state index contributed by atoms with van der Waals surface area (Å²) in [5.74, 6) is 0. The van der Waals surface area contributed by atoms with Gasteiger partial charge in [-0.25, -0.2) is 4.79 Å². The number of nitrogens with one attached hydrogen (secondary N) is 1. The number of hydrogen-bond acceptors (Lipinski definition) is 2. The molecule has 4 nitrogen and oxygen atoms in total. The number of nitrogens with zero attached hydrogens (tertiary/aromatic N) is 1. The monoisotopic (exact) mass is 210 g/mol. The molecule has 15 heavy (non-hydrogen) atoms. The van der Waals surface area contributed by atoms with E-state index in [0.29, 0.717) is 6.54 Å². The first kappa shape index (κ1) is 11.8. The van der Waals surface area contributed by atoms with Crippen LogP contribution in [0.15, 0.2) is 12.7 Å². The van der Waals surface area contributed by atoms with Crippen LogP contribution >= 0.6 is 0 Å². The highest BCUT2D eigenvalue weighted by Crippen LogP contribution is 2.33. The van der Waals surface area contributed by atoms with Crippen LogP contribution in [0.2, 0.25) is 0 Å². The molecule has 1 aliphatic carbocycles. The topological polar surface area (TPSA) is 49.4 Å². The number of hydrogen-bond donors (Lipinski definition) is 1. The second-order valence-corrected chi connectivity index (χ2v) is 4.09. The van der Waals surface area contributed by atoms with Crippen LogP contribution in [0.1, 0.15) is 25.7 Å². The summed E-state index contributed by atoms with van der Waals surface area (Å²) in [6.07, 6.45) is 6.58. The molecule has 0 aromatic heterocycles. The van der Waals surface area contributed by atoms with Crippen LogP contribution in [0.25, 0.3) is 0 Å². The molecule has 2 rings (SSSR count). The second-order valence-electron chi connectivity index (χ2n) is 4.09. The van der Waals surface area contributed by atoms with E-state index in [9.17, 15) is 4.79 Å². The quantitative estimate of drug-likeness (QED) is 0.699. The molecule has 1 aliphatic heterocycles. The Kier molecular flexibility index (Phi) is 3.88. The van der Waals surface area contributed by atoms with E-state index in [4.69, 9.17) is 4.79 Å². The molecule has 2 aliphatic rings. The van der Waals surface area contributed by atoms with Gasteiger partial charge in [0.15, 0.2) is 0 Å².